The van der Waals surface area contributed by atoms with Gasteiger partial charge < -0.3 is 14.8 Å². The van der Waals surface area contributed by atoms with Crippen molar-refractivity contribution in [2.24, 2.45) is 0 Å². The summed E-state index contributed by atoms with van der Waals surface area (Å²) in [7, 11) is -1.07. The molecular formula is C18H19N3O6S. The Balaban J connectivity index is 1.92. The molecule has 0 spiro atoms. The fraction of sp³-hybridized carbons (Fsp3) is 0.222. The van der Waals surface area contributed by atoms with Crippen LogP contribution in [0.1, 0.15) is 12.5 Å². The number of anilines is 1. The molecule has 1 fully saturated rings. The van der Waals surface area contributed by atoms with Crippen LogP contribution in [0.3, 0.4) is 0 Å². The highest BCUT2D eigenvalue weighted by atomic mass is 32.2. The number of benzene rings is 2. The first-order valence-corrected chi connectivity index (χ1v) is 9.67. The Morgan fingerprint density at radius 2 is 1.71 bits per heavy atom. The lowest BCUT2D eigenvalue weighted by atomic mass is 9.92. The average Bonchev–Trinajstić information content (AvgIpc) is 2.93. The molecule has 0 saturated carbocycles. The second-order valence-corrected chi connectivity index (χ2v) is 7.92. The summed E-state index contributed by atoms with van der Waals surface area (Å²) in [6, 6.07) is 9.86. The average molecular weight is 405 g/mol. The number of hydrogen-bond acceptors (Lipinski definition) is 6. The molecule has 1 atom stereocenters. The molecule has 0 aromatic heterocycles. The van der Waals surface area contributed by atoms with E-state index in [9.17, 15) is 18.0 Å². The summed E-state index contributed by atoms with van der Waals surface area (Å²) in [6.45, 7) is 1.54. The Hall–Kier alpha value is -3.27. The first kappa shape index (κ1) is 19.5. The third-order valence-corrected chi connectivity index (χ3v) is 5.78. The summed E-state index contributed by atoms with van der Waals surface area (Å²) in [4.78, 5) is 23.6. The fourth-order valence-electron chi connectivity index (χ4n) is 2.84. The van der Waals surface area contributed by atoms with E-state index in [0.29, 0.717) is 11.3 Å². The lowest BCUT2D eigenvalue weighted by molar-refractivity contribution is -0.123. The Bertz CT molecular complexity index is 1050. The number of urea groups is 1. The summed E-state index contributed by atoms with van der Waals surface area (Å²) >= 11 is 0. The van der Waals surface area contributed by atoms with Crippen LogP contribution in [0, 0.1) is 0 Å². The molecule has 3 N–H and O–H groups in total. The number of amides is 3. The molecule has 0 bridgehead atoms. The molecule has 10 heteroatoms. The number of ether oxygens (including phenoxy) is 2. The van der Waals surface area contributed by atoms with Gasteiger partial charge in [-0.2, -0.15) is 0 Å². The first-order valence-electron chi connectivity index (χ1n) is 8.18. The lowest BCUT2D eigenvalue weighted by Gasteiger charge is -2.22. The third kappa shape index (κ3) is 3.46. The SMILES string of the molecule is COc1ccc(S(=O)(=O)Nc2cccc(C3(C)NC(=O)NC3=O)c2)cc1OC. The van der Waals surface area contributed by atoms with Gasteiger partial charge >= 0.3 is 6.03 Å². The van der Waals surface area contributed by atoms with Gasteiger partial charge in [-0.1, -0.05) is 12.1 Å². The number of carbonyl (C=O) groups excluding carboxylic acids is 2. The number of methoxy groups -OCH3 is 2. The molecule has 3 amide bonds. The smallest absolute Gasteiger partial charge is 0.322 e. The van der Waals surface area contributed by atoms with Crippen molar-refractivity contribution >= 4 is 27.6 Å². The Morgan fingerprint density at radius 1 is 1.00 bits per heavy atom. The van der Waals surface area contributed by atoms with E-state index in [4.69, 9.17) is 9.47 Å². The molecule has 1 aliphatic heterocycles. The maximum atomic E-state index is 12.7. The van der Waals surface area contributed by atoms with Gasteiger partial charge in [0.05, 0.1) is 19.1 Å². The monoisotopic (exact) mass is 405 g/mol. The van der Waals surface area contributed by atoms with Crippen molar-refractivity contribution in [3.05, 3.63) is 48.0 Å². The van der Waals surface area contributed by atoms with Gasteiger partial charge in [0, 0.05) is 11.8 Å². The van der Waals surface area contributed by atoms with Crippen molar-refractivity contribution < 1.29 is 27.5 Å². The standard InChI is InChI=1S/C18H19N3O6S/c1-18(16(22)19-17(23)20-18)11-5-4-6-12(9-11)21-28(24,25)13-7-8-14(26-2)15(10-13)27-3/h4-10,21H,1-3H3,(H2,19,20,22,23). The number of carbonyl (C=O) groups is 2. The van der Waals surface area contributed by atoms with E-state index in [-0.39, 0.29) is 16.3 Å². The zero-order valence-electron chi connectivity index (χ0n) is 15.4. The molecule has 1 saturated heterocycles. The van der Waals surface area contributed by atoms with Gasteiger partial charge in [-0.05, 0) is 36.8 Å². The molecule has 2 aromatic rings. The van der Waals surface area contributed by atoms with Gasteiger partial charge in [-0.3, -0.25) is 14.8 Å². The second kappa shape index (κ2) is 7.04. The molecule has 1 unspecified atom stereocenters. The van der Waals surface area contributed by atoms with Crippen molar-refractivity contribution in [3.63, 3.8) is 0 Å². The number of nitrogens with one attached hydrogen (secondary N) is 3. The van der Waals surface area contributed by atoms with E-state index < -0.39 is 27.5 Å². The van der Waals surface area contributed by atoms with Crippen LogP contribution in [0.5, 0.6) is 11.5 Å². The highest BCUT2D eigenvalue weighted by molar-refractivity contribution is 7.92. The zero-order valence-corrected chi connectivity index (χ0v) is 16.2. The Labute approximate surface area is 162 Å². The van der Waals surface area contributed by atoms with Gasteiger partial charge in [0.2, 0.25) is 0 Å². The van der Waals surface area contributed by atoms with Crippen LogP contribution in [0.2, 0.25) is 0 Å². The predicted molar refractivity (Wildman–Crippen MR) is 101 cm³/mol. The summed E-state index contributed by atoms with van der Waals surface area (Å²) in [6.07, 6.45) is 0. The molecule has 3 rings (SSSR count). The van der Waals surface area contributed by atoms with Crippen LogP contribution >= 0.6 is 0 Å². The van der Waals surface area contributed by atoms with Crippen LogP contribution in [0.15, 0.2) is 47.4 Å². The molecule has 0 radical (unpaired) electrons. The largest absolute Gasteiger partial charge is 0.493 e. The predicted octanol–water partition coefficient (Wildman–Crippen LogP) is 1.56. The van der Waals surface area contributed by atoms with Crippen molar-refractivity contribution in [1.82, 2.24) is 10.6 Å². The third-order valence-electron chi connectivity index (χ3n) is 4.40. The van der Waals surface area contributed by atoms with Crippen LogP contribution in [0.25, 0.3) is 0 Å². The minimum absolute atomic E-state index is 0.0197. The van der Waals surface area contributed by atoms with Crippen molar-refractivity contribution in [2.75, 3.05) is 18.9 Å². The molecule has 9 nitrogen and oxygen atoms in total. The summed E-state index contributed by atoms with van der Waals surface area (Å²) in [5.74, 6) is 0.161. The Kier molecular flexibility index (Phi) is 4.90. The second-order valence-electron chi connectivity index (χ2n) is 6.24. The van der Waals surface area contributed by atoms with Crippen molar-refractivity contribution in [2.45, 2.75) is 17.4 Å². The summed E-state index contributed by atoms with van der Waals surface area (Å²) in [5, 5.41) is 4.71. The van der Waals surface area contributed by atoms with Gasteiger partial charge in [0.1, 0.15) is 5.54 Å². The van der Waals surface area contributed by atoms with Gasteiger partial charge in [0.15, 0.2) is 11.5 Å². The quantitative estimate of drug-likeness (QED) is 0.627. The topological polar surface area (TPSA) is 123 Å². The summed E-state index contributed by atoms with van der Waals surface area (Å²) in [5.41, 5.74) is -0.618. The molecule has 0 aliphatic carbocycles. The van der Waals surface area contributed by atoms with E-state index in [1.165, 1.54) is 45.4 Å². The maximum Gasteiger partial charge on any atom is 0.322 e. The molecular weight excluding hydrogens is 386 g/mol. The highest BCUT2D eigenvalue weighted by Crippen LogP contribution is 2.31. The Morgan fingerprint density at radius 3 is 2.32 bits per heavy atom. The van der Waals surface area contributed by atoms with E-state index in [1.54, 1.807) is 18.2 Å². The number of imide groups is 1. The molecule has 148 valence electrons. The van der Waals surface area contributed by atoms with Crippen molar-refractivity contribution in [1.29, 1.82) is 0 Å². The van der Waals surface area contributed by atoms with Crippen molar-refractivity contribution in [3.8, 4) is 11.5 Å². The zero-order chi connectivity index (χ0) is 20.5. The lowest BCUT2D eigenvalue weighted by Crippen LogP contribution is -2.40. The number of hydrogen-bond donors (Lipinski definition) is 3. The van der Waals surface area contributed by atoms with Crippen LogP contribution in [0.4, 0.5) is 10.5 Å². The van der Waals surface area contributed by atoms with Gasteiger partial charge in [0.25, 0.3) is 15.9 Å². The van der Waals surface area contributed by atoms with E-state index in [2.05, 4.69) is 15.4 Å². The maximum absolute atomic E-state index is 12.7. The normalized spacial score (nSPS) is 19.0. The van der Waals surface area contributed by atoms with Gasteiger partial charge in [-0.25, -0.2) is 13.2 Å². The first-order chi connectivity index (χ1) is 13.2. The molecule has 2 aromatic carbocycles. The highest BCUT2D eigenvalue weighted by Gasteiger charge is 2.43. The van der Waals surface area contributed by atoms with Crippen LogP contribution in [-0.2, 0) is 20.4 Å². The minimum Gasteiger partial charge on any atom is -0.493 e. The number of sulfonamides is 1. The van der Waals surface area contributed by atoms with E-state index in [0.717, 1.165) is 0 Å². The number of rotatable bonds is 6. The van der Waals surface area contributed by atoms with Crippen LogP contribution in [-0.4, -0.2) is 34.6 Å². The molecule has 1 aliphatic rings. The van der Waals surface area contributed by atoms with Crippen LogP contribution < -0.4 is 24.8 Å². The molecule has 28 heavy (non-hydrogen) atoms. The van der Waals surface area contributed by atoms with E-state index >= 15 is 0 Å². The summed E-state index contributed by atoms with van der Waals surface area (Å²) < 4.78 is 38.2. The van der Waals surface area contributed by atoms with E-state index in [1.807, 2.05) is 0 Å². The molecule has 1 heterocycles. The minimum atomic E-state index is -3.93. The fourth-order valence-corrected chi connectivity index (χ4v) is 3.90. The van der Waals surface area contributed by atoms with Gasteiger partial charge in [-0.15, -0.1) is 0 Å².